The molecule has 0 spiro atoms. The molecule has 0 aromatic heterocycles. The molecule has 11 heavy (non-hydrogen) atoms. The zero-order valence-corrected chi connectivity index (χ0v) is 8.70. The van der Waals surface area contributed by atoms with Gasteiger partial charge in [0.25, 0.3) is 0 Å². The van der Waals surface area contributed by atoms with Gasteiger partial charge in [-0.3, -0.25) is 0 Å². The number of nitrogens with zero attached hydrogens (tertiary/aromatic N) is 1. The van der Waals surface area contributed by atoms with Crippen LogP contribution in [-0.4, -0.2) is 45.0 Å². The highest BCUT2D eigenvalue weighted by molar-refractivity contribution is 7.92. The Labute approximate surface area is 69.3 Å². The molecule has 0 atom stereocenters. The number of hydrogen-bond acceptors (Lipinski definition) is 3. The Morgan fingerprint density at radius 2 is 1.64 bits per heavy atom. The molecule has 0 aliphatic carbocycles. The average Bonchev–Trinajstić information content (AvgIpc) is 1.56. The third-order valence-corrected chi connectivity index (χ3v) is 3.84. The summed E-state index contributed by atoms with van der Waals surface area (Å²) in [7, 11) is 0.797. The van der Waals surface area contributed by atoms with Gasteiger partial charge in [-0.05, 0) is 27.9 Å². The predicted molar refractivity (Wildman–Crippen MR) is 47.5 cm³/mol. The second kappa shape index (κ2) is 3.11. The van der Waals surface area contributed by atoms with E-state index in [1.165, 1.54) is 6.26 Å². The van der Waals surface area contributed by atoms with Crippen molar-refractivity contribution in [2.75, 3.05) is 26.9 Å². The molecule has 0 rings (SSSR count). The minimum absolute atomic E-state index is 0.561. The van der Waals surface area contributed by atoms with Crippen LogP contribution >= 0.6 is 0 Å². The van der Waals surface area contributed by atoms with E-state index in [0.29, 0.717) is 6.54 Å². The summed E-state index contributed by atoms with van der Waals surface area (Å²) in [6.45, 7) is 4.04. The van der Waals surface area contributed by atoms with Crippen LogP contribution in [0.25, 0.3) is 0 Å². The van der Waals surface area contributed by atoms with E-state index < -0.39 is 14.6 Å². The Balaban J connectivity index is 4.49. The van der Waals surface area contributed by atoms with Crippen molar-refractivity contribution >= 4 is 9.84 Å². The van der Waals surface area contributed by atoms with Gasteiger partial charge in [0.2, 0.25) is 0 Å². The Bertz CT molecular complexity index is 217. The van der Waals surface area contributed by atoms with E-state index in [1.807, 2.05) is 19.0 Å². The number of sulfone groups is 1. The molecule has 0 aliphatic heterocycles. The molecule has 0 saturated carbocycles. The lowest BCUT2D eigenvalue weighted by Crippen LogP contribution is -2.41. The van der Waals surface area contributed by atoms with E-state index in [9.17, 15) is 8.42 Å². The van der Waals surface area contributed by atoms with Gasteiger partial charge in [0.05, 0.1) is 4.75 Å². The Kier molecular flexibility index (Phi) is 3.08. The highest BCUT2D eigenvalue weighted by Gasteiger charge is 2.30. The van der Waals surface area contributed by atoms with Crippen molar-refractivity contribution in [2.45, 2.75) is 18.6 Å². The lowest BCUT2D eigenvalue weighted by atomic mass is 10.2. The van der Waals surface area contributed by atoms with Crippen molar-refractivity contribution in [3.63, 3.8) is 0 Å². The monoisotopic (exact) mass is 179 g/mol. The van der Waals surface area contributed by atoms with Gasteiger partial charge < -0.3 is 4.90 Å². The van der Waals surface area contributed by atoms with Gasteiger partial charge >= 0.3 is 0 Å². The maximum atomic E-state index is 11.2. The smallest absolute Gasteiger partial charge is 0.153 e. The van der Waals surface area contributed by atoms with Crippen molar-refractivity contribution in [1.82, 2.24) is 4.90 Å². The summed E-state index contributed by atoms with van der Waals surface area (Å²) in [4.78, 5) is 1.88. The van der Waals surface area contributed by atoms with Gasteiger partial charge in [0.1, 0.15) is 0 Å². The number of rotatable bonds is 3. The molecule has 0 aromatic carbocycles. The van der Waals surface area contributed by atoms with E-state index in [-0.39, 0.29) is 0 Å². The summed E-state index contributed by atoms with van der Waals surface area (Å²) < 4.78 is 21.7. The zero-order chi connectivity index (χ0) is 9.28. The molecule has 0 N–H and O–H groups in total. The molecule has 4 heteroatoms. The summed E-state index contributed by atoms with van der Waals surface area (Å²) in [6, 6.07) is 0. The van der Waals surface area contributed by atoms with Gasteiger partial charge in [-0.1, -0.05) is 0 Å². The summed E-state index contributed by atoms with van der Waals surface area (Å²) in [5, 5.41) is 0. The molecule has 0 amide bonds. The number of hydrogen-bond donors (Lipinski definition) is 0. The van der Waals surface area contributed by atoms with Crippen molar-refractivity contribution < 1.29 is 8.42 Å². The second-order valence-electron chi connectivity index (χ2n) is 3.77. The SMILES string of the molecule is CN(C)CC(C)(C)S(C)(=O)=O. The lowest BCUT2D eigenvalue weighted by molar-refractivity contribution is 0.362. The molecular weight excluding hydrogens is 162 g/mol. The predicted octanol–water partition coefficient (Wildman–Crippen LogP) is 0.371. The van der Waals surface area contributed by atoms with Crippen LogP contribution in [0.5, 0.6) is 0 Å². The molecule has 3 nitrogen and oxygen atoms in total. The molecule has 0 fully saturated rings. The molecule has 0 aromatic rings. The molecule has 68 valence electrons. The lowest BCUT2D eigenvalue weighted by Gasteiger charge is -2.25. The standard InChI is InChI=1S/C7H17NO2S/c1-7(2,6-8(3)4)11(5,9)10/h6H2,1-5H3. The second-order valence-corrected chi connectivity index (χ2v) is 6.42. The van der Waals surface area contributed by atoms with Crippen molar-refractivity contribution in [1.29, 1.82) is 0 Å². The van der Waals surface area contributed by atoms with Crippen LogP contribution in [0.4, 0.5) is 0 Å². The average molecular weight is 179 g/mol. The first kappa shape index (κ1) is 10.9. The summed E-state index contributed by atoms with van der Waals surface area (Å²) in [5.41, 5.74) is 0. The van der Waals surface area contributed by atoms with Crippen LogP contribution in [0.15, 0.2) is 0 Å². The van der Waals surface area contributed by atoms with Crippen LogP contribution in [0.2, 0.25) is 0 Å². The normalized spacial score (nSPS) is 14.0. The fourth-order valence-electron chi connectivity index (χ4n) is 0.879. The maximum absolute atomic E-state index is 11.2. The molecule has 0 aliphatic rings. The third kappa shape index (κ3) is 3.20. The van der Waals surface area contributed by atoms with E-state index in [2.05, 4.69) is 0 Å². The van der Waals surface area contributed by atoms with Gasteiger partial charge in [-0.15, -0.1) is 0 Å². The molecule has 0 bridgehead atoms. The van der Waals surface area contributed by atoms with Crippen molar-refractivity contribution in [3.8, 4) is 0 Å². The highest BCUT2D eigenvalue weighted by Crippen LogP contribution is 2.15. The fourth-order valence-corrected chi connectivity index (χ4v) is 1.37. The zero-order valence-electron chi connectivity index (χ0n) is 7.88. The quantitative estimate of drug-likeness (QED) is 0.628. The fraction of sp³-hybridized carbons (Fsp3) is 1.00. The minimum Gasteiger partial charge on any atom is -0.308 e. The third-order valence-electron chi connectivity index (χ3n) is 1.70. The summed E-state index contributed by atoms with van der Waals surface area (Å²) in [6.07, 6.45) is 1.27. The van der Waals surface area contributed by atoms with Gasteiger partial charge in [-0.2, -0.15) is 0 Å². The summed E-state index contributed by atoms with van der Waals surface area (Å²) in [5.74, 6) is 0. The van der Waals surface area contributed by atoms with Gasteiger partial charge in [-0.25, -0.2) is 8.42 Å². The topological polar surface area (TPSA) is 37.4 Å². The molecule has 0 saturated heterocycles. The minimum atomic E-state index is -2.94. The highest BCUT2D eigenvalue weighted by atomic mass is 32.2. The molecule has 0 radical (unpaired) electrons. The first-order valence-corrected chi connectivity index (χ1v) is 5.40. The van der Waals surface area contributed by atoms with Crippen molar-refractivity contribution in [2.24, 2.45) is 0 Å². The first-order chi connectivity index (χ1) is 4.67. The molecule has 0 heterocycles. The van der Waals surface area contributed by atoms with Crippen molar-refractivity contribution in [3.05, 3.63) is 0 Å². The van der Waals surface area contributed by atoms with E-state index in [1.54, 1.807) is 13.8 Å². The molecule has 0 unspecified atom stereocenters. The van der Waals surface area contributed by atoms with Crippen LogP contribution in [0.3, 0.4) is 0 Å². The Morgan fingerprint density at radius 3 is 1.73 bits per heavy atom. The van der Waals surface area contributed by atoms with E-state index in [4.69, 9.17) is 0 Å². The van der Waals surface area contributed by atoms with Crippen LogP contribution in [-0.2, 0) is 9.84 Å². The first-order valence-electron chi connectivity index (χ1n) is 3.51. The largest absolute Gasteiger partial charge is 0.308 e. The van der Waals surface area contributed by atoms with E-state index >= 15 is 0 Å². The van der Waals surface area contributed by atoms with Crippen LogP contribution < -0.4 is 0 Å². The molecular formula is C7H17NO2S. The van der Waals surface area contributed by atoms with Gasteiger partial charge in [0, 0.05) is 12.8 Å². The van der Waals surface area contributed by atoms with E-state index in [0.717, 1.165) is 0 Å². The van der Waals surface area contributed by atoms with Crippen LogP contribution in [0, 0.1) is 0 Å². The van der Waals surface area contributed by atoms with Crippen LogP contribution in [0.1, 0.15) is 13.8 Å². The Morgan fingerprint density at radius 1 is 1.27 bits per heavy atom. The summed E-state index contributed by atoms with van der Waals surface area (Å²) >= 11 is 0. The maximum Gasteiger partial charge on any atom is 0.153 e. The van der Waals surface area contributed by atoms with Gasteiger partial charge in [0.15, 0.2) is 9.84 Å². The Hall–Kier alpha value is -0.0900.